The van der Waals surface area contributed by atoms with Crippen molar-refractivity contribution in [3.8, 4) is 0 Å². The predicted octanol–water partition coefficient (Wildman–Crippen LogP) is 1.99. The second-order valence-electron chi connectivity index (χ2n) is 15.8. The molecule has 3 amide bonds. The number of carbonyl (C=O) groups is 4. The molecule has 5 N–H and O–H groups in total. The van der Waals surface area contributed by atoms with E-state index in [0.29, 0.717) is 30.9 Å². The number of aliphatic hydroxyl groups is 1. The molecule has 1 aliphatic carbocycles. The van der Waals surface area contributed by atoms with Crippen molar-refractivity contribution >= 4 is 39.2 Å². The van der Waals surface area contributed by atoms with Gasteiger partial charge in [-0.2, -0.15) is 4.31 Å². The van der Waals surface area contributed by atoms with E-state index in [2.05, 4.69) is 20.9 Å². The molecule has 16 nitrogen and oxygen atoms in total. The molecular weight excluding hydrogens is 717 g/mol. The number of ether oxygens (including phenoxy) is 1. The Kier molecular flexibility index (Phi) is 12.1. The number of amides is 3. The number of nitrogens with two attached hydrogens (primary N) is 1. The van der Waals surface area contributed by atoms with Crippen molar-refractivity contribution in [2.45, 2.75) is 125 Å². The average Bonchev–Trinajstić information content (AvgIpc) is 3.84. The first kappa shape index (κ1) is 39.8. The summed E-state index contributed by atoms with van der Waals surface area (Å²) in [5, 5.41) is 25.4. The second-order valence-corrected chi connectivity index (χ2v) is 17.8. The van der Waals surface area contributed by atoms with Crippen LogP contribution in [0.4, 0.5) is 5.69 Å². The zero-order valence-corrected chi connectivity index (χ0v) is 32.1. The van der Waals surface area contributed by atoms with Gasteiger partial charge in [-0.15, -0.1) is 5.10 Å². The number of carbonyl (C=O) groups excluding carboxylic acids is 4. The molecule has 6 rings (SSSR count). The van der Waals surface area contributed by atoms with Crippen molar-refractivity contribution in [3.05, 3.63) is 36.2 Å². The minimum Gasteiger partial charge on any atom is -0.384 e. The molecule has 17 heteroatoms. The van der Waals surface area contributed by atoms with Gasteiger partial charge < -0.3 is 31.1 Å². The van der Waals surface area contributed by atoms with Gasteiger partial charge >= 0.3 is 0 Å². The van der Waals surface area contributed by atoms with Crippen LogP contribution >= 0.6 is 0 Å². The maximum Gasteiger partial charge on any atom is 0.287 e. The Morgan fingerprint density at radius 3 is 2.30 bits per heavy atom. The van der Waals surface area contributed by atoms with Crippen molar-refractivity contribution in [1.29, 1.82) is 0 Å². The number of rotatable bonds is 13. The Morgan fingerprint density at radius 2 is 1.67 bits per heavy atom. The molecule has 0 unspecified atom stereocenters. The first-order valence-corrected chi connectivity index (χ1v) is 20.7. The van der Waals surface area contributed by atoms with Crippen LogP contribution in [0.2, 0.25) is 0 Å². The molecule has 3 atom stereocenters. The van der Waals surface area contributed by atoms with Gasteiger partial charge in [0.2, 0.25) is 27.6 Å². The van der Waals surface area contributed by atoms with E-state index in [9.17, 15) is 32.7 Å². The minimum absolute atomic E-state index is 0.0475. The fourth-order valence-electron chi connectivity index (χ4n) is 8.47. The van der Waals surface area contributed by atoms with Gasteiger partial charge in [-0.05, 0) is 63.3 Å². The van der Waals surface area contributed by atoms with E-state index in [1.165, 1.54) is 20.1 Å². The van der Waals surface area contributed by atoms with Crippen LogP contribution in [-0.2, 0) is 39.5 Å². The van der Waals surface area contributed by atoms with Gasteiger partial charge in [-0.25, -0.2) is 13.1 Å². The summed E-state index contributed by atoms with van der Waals surface area (Å²) in [5.41, 5.74) is 3.51. The maximum absolute atomic E-state index is 14.9. The summed E-state index contributed by atoms with van der Waals surface area (Å²) in [4.78, 5) is 56.3. The highest BCUT2D eigenvalue weighted by Crippen LogP contribution is 2.35. The summed E-state index contributed by atoms with van der Waals surface area (Å²) in [6.07, 6.45) is 9.94. The lowest BCUT2D eigenvalue weighted by Gasteiger charge is -2.37. The van der Waals surface area contributed by atoms with Crippen molar-refractivity contribution in [1.82, 2.24) is 29.5 Å². The van der Waals surface area contributed by atoms with Crippen LogP contribution < -0.4 is 16.4 Å². The van der Waals surface area contributed by atoms with Crippen LogP contribution in [0.25, 0.3) is 0 Å². The molecule has 1 aromatic carbocycles. The summed E-state index contributed by atoms with van der Waals surface area (Å²) in [7, 11) is -3.65. The van der Waals surface area contributed by atoms with Crippen LogP contribution in [0.5, 0.6) is 0 Å². The lowest BCUT2D eigenvalue weighted by atomic mass is 9.84. The molecule has 0 radical (unpaired) electrons. The van der Waals surface area contributed by atoms with Crippen molar-refractivity contribution in [2.75, 3.05) is 38.2 Å². The quantitative estimate of drug-likeness (QED) is 0.216. The normalized spacial score (nSPS) is 23.4. The Balaban J connectivity index is 1.31. The van der Waals surface area contributed by atoms with Gasteiger partial charge in [0, 0.05) is 57.8 Å². The molecule has 0 spiro atoms. The third kappa shape index (κ3) is 8.63. The number of piperidine rings is 1. The van der Waals surface area contributed by atoms with E-state index in [-0.39, 0.29) is 55.7 Å². The zero-order valence-electron chi connectivity index (χ0n) is 31.2. The highest BCUT2D eigenvalue weighted by Gasteiger charge is 2.49. The Hall–Kier alpha value is -3.93. The Morgan fingerprint density at radius 1 is 1.02 bits per heavy atom. The highest BCUT2D eigenvalue weighted by molar-refractivity contribution is 7.89. The molecule has 4 aliphatic rings. The van der Waals surface area contributed by atoms with E-state index in [1.54, 1.807) is 38.1 Å². The van der Waals surface area contributed by atoms with Crippen molar-refractivity contribution < 1.29 is 37.4 Å². The minimum atomic E-state index is -3.65. The number of ketones is 1. The topological polar surface area (TPSA) is 219 Å². The Bertz CT molecular complexity index is 1770. The lowest BCUT2D eigenvalue weighted by molar-refractivity contribution is -0.147. The van der Waals surface area contributed by atoms with Gasteiger partial charge in [0.1, 0.15) is 23.2 Å². The number of sulfonamides is 1. The van der Waals surface area contributed by atoms with Crippen LogP contribution in [-0.4, -0.2) is 112 Å². The number of primary amides is 1. The van der Waals surface area contributed by atoms with Gasteiger partial charge in [0.05, 0.1) is 22.8 Å². The van der Waals surface area contributed by atoms with Crippen molar-refractivity contribution in [3.63, 3.8) is 0 Å². The largest absolute Gasteiger partial charge is 0.384 e. The molecule has 1 saturated carbocycles. The summed E-state index contributed by atoms with van der Waals surface area (Å²) >= 11 is 0. The number of anilines is 1. The van der Waals surface area contributed by atoms with Crippen molar-refractivity contribution in [2.24, 2.45) is 11.7 Å². The number of Topliss-reactive ketones (excluding diaryl/α,β-unsaturated/α-hetero) is 1. The number of hydrogen-bond donors (Lipinski definition) is 4. The van der Waals surface area contributed by atoms with Gasteiger partial charge in [0.15, 0.2) is 0 Å². The number of benzene rings is 1. The van der Waals surface area contributed by atoms with Crippen LogP contribution in [0.15, 0.2) is 35.4 Å². The third-order valence-corrected chi connectivity index (χ3v) is 13.4. The monoisotopic (exact) mass is 770 g/mol. The smallest absolute Gasteiger partial charge is 0.287 e. The molecule has 3 aliphatic heterocycles. The molecule has 54 heavy (non-hydrogen) atoms. The van der Waals surface area contributed by atoms with E-state index in [1.807, 2.05) is 0 Å². The summed E-state index contributed by atoms with van der Waals surface area (Å²) in [5.74, 6) is -2.80. The fraction of sp³-hybridized carbons (Fsp3) is 0.676. The number of nitrogens with zero attached hydrogens (tertiary/aromatic N) is 5. The van der Waals surface area contributed by atoms with Crippen LogP contribution in [0.1, 0.15) is 103 Å². The van der Waals surface area contributed by atoms with Crippen LogP contribution in [0, 0.1) is 5.92 Å². The number of nitrogens with one attached hydrogen (secondary N) is 2. The average molecular weight is 771 g/mol. The Labute approximate surface area is 316 Å². The van der Waals surface area contributed by atoms with E-state index >= 15 is 0 Å². The van der Waals surface area contributed by atoms with E-state index < -0.39 is 56.9 Å². The summed E-state index contributed by atoms with van der Waals surface area (Å²) < 4.78 is 35.2. The molecule has 4 fully saturated rings. The van der Waals surface area contributed by atoms with Gasteiger partial charge in [-0.1, -0.05) is 43.7 Å². The summed E-state index contributed by atoms with van der Waals surface area (Å²) in [6.45, 7) is 4.50. The SMILES string of the molecule is CC(C)(O)c1cnnn1[C@H]1C[C@@H](C(=O)NC2(C(=O)C(N)=O)CCOCC2)N(C(=O)[C@@H](CC2CCCCC2)Nc2ccc(S(=O)(=O)N3CCCCC3)cc2)C1. The second kappa shape index (κ2) is 16.4. The highest BCUT2D eigenvalue weighted by atomic mass is 32.2. The van der Waals surface area contributed by atoms with E-state index in [0.717, 1.165) is 51.4 Å². The molecule has 4 heterocycles. The standard InChI is InChI=1S/C37H54N8O8S/c1-36(2,50)31-23-39-42-45(31)27-22-30(34(48)41-37(32(46)33(38)47)15-19-53-20-16-37)44(24-27)35(49)29(21-25-9-5-3-6-10-25)40-26-11-13-28(14-12-26)54(51,52)43-17-7-4-8-18-43/h11-14,23,25,27,29-30,40,50H,3-10,15-22,24H2,1-2H3,(H2,38,47)(H,41,48)/t27-,29+,30-/m0/s1. The van der Waals surface area contributed by atoms with Crippen LogP contribution in [0.3, 0.4) is 0 Å². The first-order valence-electron chi connectivity index (χ1n) is 19.2. The molecule has 0 bridgehead atoms. The summed E-state index contributed by atoms with van der Waals surface area (Å²) in [6, 6.07) is 4.05. The van der Waals surface area contributed by atoms with E-state index in [4.69, 9.17) is 10.5 Å². The molecule has 3 saturated heterocycles. The lowest BCUT2D eigenvalue weighted by Crippen LogP contribution is -2.63. The number of likely N-dealkylation sites (tertiary alicyclic amines) is 1. The fourth-order valence-corrected chi connectivity index (χ4v) is 9.99. The molecule has 296 valence electrons. The maximum atomic E-state index is 14.9. The number of aromatic nitrogens is 3. The third-order valence-electron chi connectivity index (χ3n) is 11.5. The number of hydrogen-bond acceptors (Lipinski definition) is 11. The molecule has 1 aromatic heterocycles. The first-order chi connectivity index (χ1) is 25.7. The van der Waals surface area contributed by atoms with Gasteiger partial charge in [-0.3, -0.25) is 19.2 Å². The molecule has 2 aromatic rings. The zero-order chi connectivity index (χ0) is 38.7. The predicted molar refractivity (Wildman–Crippen MR) is 197 cm³/mol. The molecular formula is C37H54N8O8S. The van der Waals surface area contributed by atoms with Gasteiger partial charge in [0.25, 0.3) is 5.91 Å².